The Balaban J connectivity index is 1.52. The van der Waals surface area contributed by atoms with E-state index >= 15 is 0 Å². The number of hydrogen-bond acceptors (Lipinski definition) is 2. The number of fused-ring (bicyclic) bond motifs is 2. The average Bonchev–Trinajstić information content (AvgIpc) is 3.02. The molecule has 0 aliphatic carbocycles. The van der Waals surface area contributed by atoms with Gasteiger partial charge in [-0.1, -0.05) is 23.2 Å². The molecule has 0 saturated carbocycles. The molecule has 1 aliphatic heterocycles. The minimum Gasteiger partial charge on any atom is -0.320 e. The summed E-state index contributed by atoms with van der Waals surface area (Å²) in [5.74, 6) is 0. The van der Waals surface area contributed by atoms with Gasteiger partial charge in [0.25, 0.3) is 0 Å². The van der Waals surface area contributed by atoms with Crippen LogP contribution in [0.25, 0.3) is 5.52 Å². The van der Waals surface area contributed by atoms with Crippen LogP contribution in [0.5, 0.6) is 0 Å². The number of urea groups is 1. The average molecular weight is 361 g/mol. The van der Waals surface area contributed by atoms with Gasteiger partial charge in [0.2, 0.25) is 0 Å². The second kappa shape index (κ2) is 6.00. The van der Waals surface area contributed by atoms with Crippen molar-refractivity contribution in [1.82, 2.24) is 14.3 Å². The van der Waals surface area contributed by atoms with Crippen molar-refractivity contribution >= 4 is 40.4 Å². The molecule has 3 aromatic rings. The van der Waals surface area contributed by atoms with Crippen LogP contribution in [0.4, 0.5) is 10.5 Å². The van der Waals surface area contributed by atoms with E-state index in [9.17, 15) is 4.79 Å². The molecule has 0 bridgehead atoms. The predicted octanol–water partition coefficient (Wildman–Crippen LogP) is 4.23. The molecule has 2 aromatic heterocycles. The molecule has 0 fully saturated rings. The molecule has 0 unspecified atom stereocenters. The number of nitrogens with one attached hydrogen (secondary N) is 1. The van der Waals surface area contributed by atoms with Crippen molar-refractivity contribution in [2.24, 2.45) is 0 Å². The lowest BCUT2D eigenvalue weighted by atomic mass is 10.0. The Labute approximate surface area is 148 Å². The number of rotatable bonds is 1. The number of benzene rings is 1. The summed E-state index contributed by atoms with van der Waals surface area (Å²) in [4.78, 5) is 18.4. The van der Waals surface area contributed by atoms with E-state index in [1.807, 2.05) is 16.8 Å². The van der Waals surface area contributed by atoms with Crippen molar-refractivity contribution in [2.75, 3.05) is 11.9 Å². The van der Waals surface area contributed by atoms with E-state index in [0.717, 1.165) is 17.5 Å². The van der Waals surface area contributed by atoms with Crippen LogP contribution >= 0.6 is 23.2 Å². The molecule has 1 aromatic carbocycles. The zero-order valence-corrected chi connectivity index (χ0v) is 14.2. The molecule has 0 saturated heterocycles. The van der Waals surface area contributed by atoms with Crippen LogP contribution in [0.1, 0.15) is 11.1 Å². The van der Waals surface area contributed by atoms with E-state index in [1.165, 1.54) is 5.56 Å². The Morgan fingerprint density at radius 1 is 1.17 bits per heavy atom. The standard InChI is InChI=1S/C17H14Cl2N4O/c18-15-2-1-13(6-16(15)19)21-17(24)22-4-3-11-5-14-7-20-10-23(14)9-12(11)8-22/h1-2,5-7,9-10H,3-4,8H2,(H,21,24). The summed E-state index contributed by atoms with van der Waals surface area (Å²) in [5, 5.41) is 3.75. The van der Waals surface area contributed by atoms with Crippen molar-refractivity contribution in [3.63, 3.8) is 0 Å². The van der Waals surface area contributed by atoms with Gasteiger partial charge in [0.05, 0.1) is 28.1 Å². The normalized spacial score (nSPS) is 13.8. The first-order chi connectivity index (χ1) is 11.6. The SMILES string of the molecule is O=C(Nc1ccc(Cl)c(Cl)c1)N1CCc2cc3cncn3cc2C1. The molecule has 4 rings (SSSR count). The monoisotopic (exact) mass is 360 g/mol. The summed E-state index contributed by atoms with van der Waals surface area (Å²) >= 11 is 11.9. The maximum atomic E-state index is 12.5. The summed E-state index contributed by atoms with van der Waals surface area (Å²) in [6.07, 6.45) is 6.47. The highest BCUT2D eigenvalue weighted by Crippen LogP contribution is 2.26. The van der Waals surface area contributed by atoms with Crippen LogP contribution in [0.15, 0.2) is 43.0 Å². The van der Waals surface area contributed by atoms with E-state index in [2.05, 4.69) is 16.4 Å². The van der Waals surface area contributed by atoms with E-state index < -0.39 is 0 Å². The Kier molecular flexibility index (Phi) is 3.82. The molecule has 2 amide bonds. The van der Waals surface area contributed by atoms with Crippen molar-refractivity contribution in [3.05, 3.63) is 64.2 Å². The lowest BCUT2D eigenvalue weighted by molar-refractivity contribution is 0.206. The molecule has 3 heterocycles. The van der Waals surface area contributed by atoms with E-state index in [1.54, 1.807) is 29.4 Å². The van der Waals surface area contributed by atoms with Crippen LogP contribution in [-0.2, 0) is 13.0 Å². The first-order valence-electron chi connectivity index (χ1n) is 7.54. The van der Waals surface area contributed by atoms with Gasteiger partial charge in [-0.3, -0.25) is 0 Å². The molecular formula is C17H14Cl2N4O. The topological polar surface area (TPSA) is 49.6 Å². The highest BCUT2D eigenvalue weighted by molar-refractivity contribution is 6.42. The number of carbonyl (C=O) groups excluding carboxylic acids is 1. The van der Waals surface area contributed by atoms with E-state index in [4.69, 9.17) is 23.2 Å². The van der Waals surface area contributed by atoms with Gasteiger partial charge < -0.3 is 14.6 Å². The van der Waals surface area contributed by atoms with Gasteiger partial charge >= 0.3 is 6.03 Å². The molecule has 24 heavy (non-hydrogen) atoms. The molecule has 7 heteroatoms. The zero-order valence-electron chi connectivity index (χ0n) is 12.7. The second-order valence-corrected chi connectivity index (χ2v) is 6.59. The second-order valence-electron chi connectivity index (χ2n) is 5.78. The van der Waals surface area contributed by atoms with Crippen LogP contribution < -0.4 is 5.32 Å². The summed E-state index contributed by atoms with van der Waals surface area (Å²) < 4.78 is 1.97. The van der Waals surface area contributed by atoms with Gasteiger partial charge in [0.1, 0.15) is 0 Å². The number of amides is 2. The molecule has 122 valence electrons. The van der Waals surface area contributed by atoms with Crippen LogP contribution in [0, 0.1) is 0 Å². The number of carbonyl (C=O) groups is 1. The van der Waals surface area contributed by atoms with Gasteiger partial charge in [-0.2, -0.15) is 0 Å². The van der Waals surface area contributed by atoms with Crippen LogP contribution in [0.2, 0.25) is 10.0 Å². The van der Waals surface area contributed by atoms with Crippen molar-refractivity contribution in [3.8, 4) is 0 Å². The first kappa shape index (κ1) is 15.3. The molecule has 1 aliphatic rings. The predicted molar refractivity (Wildman–Crippen MR) is 94.8 cm³/mol. The Bertz CT molecular complexity index is 937. The smallest absolute Gasteiger partial charge is 0.320 e. The fraction of sp³-hybridized carbons (Fsp3) is 0.176. The quantitative estimate of drug-likeness (QED) is 0.705. The summed E-state index contributed by atoms with van der Waals surface area (Å²) in [5.41, 5.74) is 4.10. The van der Waals surface area contributed by atoms with Crippen LogP contribution in [0.3, 0.4) is 0 Å². The maximum absolute atomic E-state index is 12.5. The van der Waals surface area contributed by atoms with Gasteiger partial charge in [0.15, 0.2) is 0 Å². The number of nitrogens with zero attached hydrogens (tertiary/aromatic N) is 3. The fourth-order valence-electron chi connectivity index (χ4n) is 2.92. The Morgan fingerprint density at radius 2 is 2.04 bits per heavy atom. The molecule has 0 spiro atoms. The van der Waals surface area contributed by atoms with Gasteiger partial charge in [-0.15, -0.1) is 0 Å². The van der Waals surface area contributed by atoms with Crippen molar-refractivity contribution in [1.29, 1.82) is 0 Å². The van der Waals surface area contributed by atoms with Gasteiger partial charge in [-0.25, -0.2) is 9.78 Å². The lowest BCUT2D eigenvalue weighted by Crippen LogP contribution is -2.39. The minimum absolute atomic E-state index is 0.148. The third kappa shape index (κ3) is 2.81. The largest absolute Gasteiger partial charge is 0.322 e. The number of anilines is 1. The number of halogens is 2. The zero-order chi connectivity index (χ0) is 16.7. The van der Waals surface area contributed by atoms with Crippen molar-refractivity contribution in [2.45, 2.75) is 13.0 Å². The van der Waals surface area contributed by atoms with E-state index in [0.29, 0.717) is 28.8 Å². The molecule has 0 atom stereocenters. The summed E-state index contributed by atoms with van der Waals surface area (Å²) in [6.45, 7) is 1.24. The Hall–Kier alpha value is -2.24. The van der Waals surface area contributed by atoms with Gasteiger partial charge in [0, 0.05) is 25.0 Å². The lowest BCUT2D eigenvalue weighted by Gasteiger charge is -2.29. The summed E-state index contributed by atoms with van der Waals surface area (Å²) in [7, 11) is 0. The highest BCUT2D eigenvalue weighted by Gasteiger charge is 2.21. The number of hydrogen-bond donors (Lipinski definition) is 1. The number of aromatic nitrogens is 2. The minimum atomic E-state index is -0.148. The third-order valence-electron chi connectivity index (χ3n) is 4.20. The highest BCUT2D eigenvalue weighted by atomic mass is 35.5. The Morgan fingerprint density at radius 3 is 2.88 bits per heavy atom. The third-order valence-corrected chi connectivity index (χ3v) is 4.93. The van der Waals surface area contributed by atoms with Crippen LogP contribution in [-0.4, -0.2) is 26.9 Å². The molecule has 0 radical (unpaired) electrons. The summed E-state index contributed by atoms with van der Waals surface area (Å²) in [6, 6.07) is 7.04. The number of pyridine rings is 1. The molecule has 5 nitrogen and oxygen atoms in total. The fourth-order valence-corrected chi connectivity index (χ4v) is 3.22. The first-order valence-corrected chi connectivity index (χ1v) is 8.30. The molecular weight excluding hydrogens is 347 g/mol. The van der Waals surface area contributed by atoms with E-state index in [-0.39, 0.29) is 6.03 Å². The maximum Gasteiger partial charge on any atom is 0.322 e. The number of imidazole rings is 1. The van der Waals surface area contributed by atoms with Crippen molar-refractivity contribution < 1.29 is 4.79 Å². The molecule has 1 N–H and O–H groups in total. The van der Waals surface area contributed by atoms with Gasteiger partial charge in [-0.05, 0) is 41.8 Å².